The molecule has 4 rings (SSSR count). The number of anilines is 1. The Labute approximate surface area is 201 Å². The quantitative estimate of drug-likeness (QED) is 0.380. The molecule has 7 nitrogen and oxygen atoms in total. The van der Waals surface area contributed by atoms with E-state index in [-0.39, 0.29) is 23.4 Å². The molecule has 0 spiro atoms. The smallest absolute Gasteiger partial charge is 0.286 e. The molecule has 3 aromatic carbocycles. The summed E-state index contributed by atoms with van der Waals surface area (Å²) in [6.07, 6.45) is 0. The van der Waals surface area contributed by atoms with Crippen LogP contribution in [-0.4, -0.2) is 22.0 Å². The molecule has 0 radical (unpaired) electrons. The number of para-hydroxylation sites is 1. The third kappa shape index (κ3) is 5.85. The normalized spacial score (nSPS) is 10.5. The van der Waals surface area contributed by atoms with Crippen molar-refractivity contribution in [2.24, 2.45) is 0 Å². The number of carbonyl (C=O) groups is 2. The molecule has 1 aromatic heterocycles. The third-order valence-electron chi connectivity index (χ3n) is 5.21. The van der Waals surface area contributed by atoms with Gasteiger partial charge in [0.25, 0.3) is 11.8 Å². The van der Waals surface area contributed by atoms with Crippen molar-refractivity contribution in [1.82, 2.24) is 15.5 Å². The zero-order valence-corrected chi connectivity index (χ0v) is 19.7. The average molecular weight is 473 g/mol. The highest BCUT2D eigenvalue weighted by atomic mass is 32.1. The zero-order valence-electron chi connectivity index (χ0n) is 18.9. The third-order valence-corrected chi connectivity index (χ3v) is 6.11. The van der Waals surface area contributed by atoms with E-state index >= 15 is 0 Å². The Hall–Kier alpha value is -4.04. The van der Waals surface area contributed by atoms with Gasteiger partial charge in [-0.3, -0.25) is 9.59 Å². The van der Waals surface area contributed by atoms with Crippen molar-refractivity contribution in [2.75, 3.05) is 5.32 Å². The van der Waals surface area contributed by atoms with Gasteiger partial charge in [0.1, 0.15) is 12.4 Å². The predicted octanol–water partition coefficient (Wildman–Crippen LogP) is 4.92. The van der Waals surface area contributed by atoms with Gasteiger partial charge >= 0.3 is 0 Å². The predicted molar refractivity (Wildman–Crippen MR) is 132 cm³/mol. The van der Waals surface area contributed by atoms with Crippen molar-refractivity contribution < 1.29 is 14.3 Å². The van der Waals surface area contributed by atoms with E-state index in [4.69, 9.17) is 4.74 Å². The largest absolute Gasteiger partial charge is 0.486 e. The van der Waals surface area contributed by atoms with Crippen LogP contribution in [0.4, 0.5) is 5.69 Å². The molecule has 0 aliphatic rings. The summed E-state index contributed by atoms with van der Waals surface area (Å²) in [5, 5.41) is 14.6. The number of nitrogens with zero attached hydrogens (tertiary/aromatic N) is 2. The van der Waals surface area contributed by atoms with Gasteiger partial charge in [-0.1, -0.05) is 53.8 Å². The van der Waals surface area contributed by atoms with Gasteiger partial charge in [-0.05, 0) is 60.9 Å². The van der Waals surface area contributed by atoms with E-state index in [1.807, 2.05) is 62.4 Å². The number of ether oxygens (including phenoxy) is 1. The number of aromatic nitrogens is 2. The van der Waals surface area contributed by atoms with Crippen molar-refractivity contribution in [2.45, 2.75) is 27.0 Å². The van der Waals surface area contributed by atoms with E-state index in [9.17, 15) is 9.59 Å². The van der Waals surface area contributed by atoms with Crippen LogP contribution in [0.25, 0.3) is 0 Å². The van der Waals surface area contributed by atoms with Crippen molar-refractivity contribution in [3.05, 3.63) is 105 Å². The maximum absolute atomic E-state index is 12.5. The molecule has 8 heteroatoms. The molecular weight excluding hydrogens is 448 g/mol. The van der Waals surface area contributed by atoms with Crippen LogP contribution in [0, 0.1) is 13.8 Å². The lowest BCUT2D eigenvalue weighted by Crippen LogP contribution is -2.23. The van der Waals surface area contributed by atoms with Crippen LogP contribution in [0.3, 0.4) is 0 Å². The number of hydrogen-bond donors (Lipinski definition) is 2. The molecule has 2 amide bonds. The van der Waals surface area contributed by atoms with Gasteiger partial charge in [-0.25, -0.2) is 0 Å². The maximum atomic E-state index is 12.5. The van der Waals surface area contributed by atoms with Gasteiger partial charge in [-0.15, -0.1) is 10.2 Å². The van der Waals surface area contributed by atoms with Crippen LogP contribution < -0.4 is 15.4 Å². The van der Waals surface area contributed by atoms with Crippen LogP contribution in [0.2, 0.25) is 0 Å². The molecule has 2 N–H and O–H groups in total. The first-order valence-corrected chi connectivity index (χ1v) is 11.6. The summed E-state index contributed by atoms with van der Waals surface area (Å²) in [5.74, 6) is 0.228. The van der Waals surface area contributed by atoms with Gasteiger partial charge in [0.15, 0.2) is 5.01 Å². The first-order chi connectivity index (χ1) is 16.5. The van der Waals surface area contributed by atoms with E-state index in [0.29, 0.717) is 22.8 Å². The standard InChI is InChI=1S/C26H24N4O3S/c1-17-7-3-5-9-20(17)15-27-24(31)19-11-13-21(14-12-19)28-25(32)26-30-29-23(34-26)16-33-22-10-6-4-8-18(22)2/h3-14H,15-16H2,1-2H3,(H,27,31)(H,28,32). The summed E-state index contributed by atoms with van der Waals surface area (Å²) in [6, 6.07) is 22.3. The van der Waals surface area contributed by atoms with Gasteiger partial charge in [0.05, 0.1) is 0 Å². The molecule has 0 saturated heterocycles. The van der Waals surface area contributed by atoms with Crippen LogP contribution in [0.5, 0.6) is 5.75 Å². The Bertz CT molecular complexity index is 1300. The molecule has 0 saturated carbocycles. The molecule has 0 aliphatic carbocycles. The first-order valence-electron chi connectivity index (χ1n) is 10.7. The SMILES string of the molecule is Cc1ccccc1CNC(=O)c1ccc(NC(=O)c2nnc(COc3ccccc3C)s2)cc1. The van der Waals surface area contributed by atoms with Crippen LogP contribution in [0.1, 0.15) is 41.9 Å². The zero-order chi connectivity index (χ0) is 23.9. The molecule has 1 heterocycles. The molecule has 172 valence electrons. The van der Waals surface area contributed by atoms with Gasteiger partial charge in [-0.2, -0.15) is 0 Å². The van der Waals surface area contributed by atoms with Crippen molar-refractivity contribution >= 4 is 28.8 Å². The maximum Gasteiger partial charge on any atom is 0.286 e. The lowest BCUT2D eigenvalue weighted by atomic mass is 10.1. The van der Waals surface area contributed by atoms with Crippen LogP contribution in [-0.2, 0) is 13.2 Å². The second-order valence-electron chi connectivity index (χ2n) is 7.70. The number of benzene rings is 3. The summed E-state index contributed by atoms with van der Waals surface area (Å²) in [4.78, 5) is 25.0. The van der Waals surface area contributed by atoms with E-state index in [1.54, 1.807) is 24.3 Å². The Morgan fingerprint density at radius 2 is 1.56 bits per heavy atom. The monoisotopic (exact) mass is 472 g/mol. The molecule has 0 fully saturated rings. The minimum absolute atomic E-state index is 0.177. The fourth-order valence-corrected chi connectivity index (χ4v) is 3.89. The summed E-state index contributed by atoms with van der Waals surface area (Å²) in [7, 11) is 0. The fourth-order valence-electron chi connectivity index (χ4n) is 3.24. The van der Waals surface area contributed by atoms with Crippen molar-refractivity contribution in [1.29, 1.82) is 0 Å². The molecule has 0 aliphatic heterocycles. The minimum Gasteiger partial charge on any atom is -0.486 e. The molecule has 0 bridgehead atoms. The summed E-state index contributed by atoms with van der Waals surface area (Å²) in [6.45, 7) is 4.67. The number of amides is 2. The molecular formula is C26H24N4O3S. The summed E-state index contributed by atoms with van der Waals surface area (Å²) < 4.78 is 5.76. The summed E-state index contributed by atoms with van der Waals surface area (Å²) in [5.41, 5.74) is 4.30. The Morgan fingerprint density at radius 3 is 2.29 bits per heavy atom. The number of hydrogen-bond acceptors (Lipinski definition) is 6. The lowest BCUT2D eigenvalue weighted by molar-refractivity contribution is 0.0950. The minimum atomic E-state index is -0.364. The van der Waals surface area contributed by atoms with E-state index in [2.05, 4.69) is 20.8 Å². The summed E-state index contributed by atoms with van der Waals surface area (Å²) >= 11 is 1.18. The van der Waals surface area contributed by atoms with Gasteiger partial charge < -0.3 is 15.4 Å². The Morgan fingerprint density at radius 1 is 0.853 bits per heavy atom. The first kappa shape index (κ1) is 23.1. The van der Waals surface area contributed by atoms with Crippen LogP contribution >= 0.6 is 11.3 Å². The second kappa shape index (κ2) is 10.7. The molecule has 0 unspecified atom stereocenters. The van der Waals surface area contributed by atoms with Crippen molar-refractivity contribution in [3.63, 3.8) is 0 Å². The second-order valence-corrected chi connectivity index (χ2v) is 8.76. The van der Waals surface area contributed by atoms with E-state index in [0.717, 1.165) is 22.4 Å². The number of carbonyl (C=O) groups excluding carboxylic acids is 2. The van der Waals surface area contributed by atoms with Crippen LogP contribution in [0.15, 0.2) is 72.8 Å². The van der Waals surface area contributed by atoms with Crippen molar-refractivity contribution in [3.8, 4) is 5.75 Å². The highest BCUT2D eigenvalue weighted by Crippen LogP contribution is 2.20. The number of rotatable bonds is 8. The fraction of sp³-hybridized carbons (Fsp3) is 0.154. The average Bonchev–Trinajstić information content (AvgIpc) is 3.33. The van der Waals surface area contributed by atoms with E-state index < -0.39 is 0 Å². The Balaban J connectivity index is 1.30. The molecule has 34 heavy (non-hydrogen) atoms. The number of aryl methyl sites for hydroxylation is 2. The Kier molecular flexibility index (Phi) is 7.29. The topological polar surface area (TPSA) is 93.2 Å². The number of nitrogens with one attached hydrogen (secondary N) is 2. The lowest BCUT2D eigenvalue weighted by Gasteiger charge is -2.09. The molecule has 0 atom stereocenters. The van der Waals surface area contributed by atoms with Gasteiger partial charge in [0, 0.05) is 17.8 Å². The highest BCUT2D eigenvalue weighted by molar-refractivity contribution is 7.13. The van der Waals surface area contributed by atoms with Gasteiger partial charge in [0.2, 0.25) is 5.01 Å². The highest BCUT2D eigenvalue weighted by Gasteiger charge is 2.14. The van der Waals surface area contributed by atoms with E-state index in [1.165, 1.54) is 11.3 Å². The molecule has 4 aromatic rings.